The average Bonchev–Trinajstić information content (AvgIpc) is 2.36. The van der Waals surface area contributed by atoms with Crippen molar-refractivity contribution in [1.29, 1.82) is 0 Å². The van der Waals surface area contributed by atoms with Crippen LogP contribution >= 0.6 is 0 Å². The van der Waals surface area contributed by atoms with Gasteiger partial charge in [0.25, 0.3) is 5.69 Å². The molecule has 0 bridgehead atoms. The zero-order valence-corrected chi connectivity index (χ0v) is 11.6. The lowest BCUT2D eigenvalue weighted by atomic mass is 10.0. The number of alkyl halides is 3. The number of nitrogens with zero attached hydrogens (tertiary/aromatic N) is 2. The Morgan fingerprint density at radius 2 is 1.90 bits per heavy atom. The van der Waals surface area contributed by atoms with Crippen LogP contribution in [0, 0.1) is 10.1 Å². The van der Waals surface area contributed by atoms with Crippen molar-refractivity contribution in [2.75, 3.05) is 14.1 Å². The van der Waals surface area contributed by atoms with Crippen LogP contribution in [0.3, 0.4) is 0 Å². The van der Waals surface area contributed by atoms with Crippen molar-refractivity contribution in [1.82, 2.24) is 4.90 Å². The minimum absolute atomic E-state index is 0.367. The van der Waals surface area contributed by atoms with Gasteiger partial charge in [-0.2, -0.15) is 13.2 Å². The van der Waals surface area contributed by atoms with Gasteiger partial charge in [0.1, 0.15) is 0 Å². The molecule has 0 spiro atoms. The van der Waals surface area contributed by atoms with E-state index in [1.165, 1.54) is 0 Å². The van der Waals surface area contributed by atoms with Gasteiger partial charge >= 0.3 is 6.18 Å². The maximum absolute atomic E-state index is 12.6. The Hall–Kier alpha value is -2.38. The van der Waals surface area contributed by atoms with E-state index in [2.05, 4.69) is 0 Å². The fourth-order valence-corrected chi connectivity index (χ4v) is 1.46. The van der Waals surface area contributed by atoms with Crippen LogP contribution in [0.25, 0.3) is 0 Å². The van der Waals surface area contributed by atoms with Gasteiger partial charge < -0.3 is 4.90 Å². The minimum Gasteiger partial charge on any atom is -0.381 e. The first-order valence-electron chi connectivity index (χ1n) is 5.79. The molecule has 1 aromatic carbocycles. The molecule has 0 saturated heterocycles. The molecule has 0 unspecified atom stereocenters. The number of rotatable bonds is 4. The number of carbonyl (C=O) groups excluding carboxylic acids is 1. The number of benzene rings is 1. The highest BCUT2D eigenvalue weighted by Crippen LogP contribution is 2.33. The van der Waals surface area contributed by atoms with Crippen LogP contribution in [0.15, 0.2) is 30.0 Å². The van der Waals surface area contributed by atoms with Crippen LogP contribution in [0.4, 0.5) is 18.9 Å². The third-order valence-corrected chi connectivity index (χ3v) is 2.83. The van der Waals surface area contributed by atoms with Gasteiger partial charge in [0.15, 0.2) is 5.78 Å². The predicted octanol–water partition coefficient (Wildman–Crippen LogP) is 3.26. The topological polar surface area (TPSA) is 63.4 Å². The van der Waals surface area contributed by atoms with Crippen LogP contribution in [0.1, 0.15) is 22.8 Å². The number of halogens is 3. The Labute approximate surface area is 118 Å². The van der Waals surface area contributed by atoms with E-state index in [0.717, 1.165) is 12.1 Å². The monoisotopic (exact) mass is 302 g/mol. The van der Waals surface area contributed by atoms with E-state index in [1.807, 2.05) is 0 Å². The normalized spacial score (nSPS) is 12.2. The van der Waals surface area contributed by atoms with Gasteiger partial charge in [-0.3, -0.25) is 14.9 Å². The smallest absolute Gasteiger partial charge is 0.381 e. The van der Waals surface area contributed by atoms with E-state index in [0.29, 0.717) is 17.8 Å². The molecule has 5 nitrogen and oxygen atoms in total. The lowest BCUT2D eigenvalue weighted by Crippen LogP contribution is -2.12. The van der Waals surface area contributed by atoms with E-state index in [1.54, 1.807) is 25.9 Å². The summed E-state index contributed by atoms with van der Waals surface area (Å²) in [6.45, 7) is 1.60. The Morgan fingerprint density at radius 3 is 2.33 bits per heavy atom. The third-order valence-electron chi connectivity index (χ3n) is 2.83. The summed E-state index contributed by atoms with van der Waals surface area (Å²) >= 11 is 0. The van der Waals surface area contributed by atoms with E-state index >= 15 is 0 Å². The van der Waals surface area contributed by atoms with Crippen molar-refractivity contribution >= 4 is 11.5 Å². The number of nitro groups is 1. The molecule has 8 heteroatoms. The van der Waals surface area contributed by atoms with Crippen LogP contribution in [0.5, 0.6) is 0 Å². The molecule has 0 saturated carbocycles. The summed E-state index contributed by atoms with van der Waals surface area (Å²) in [5, 5.41) is 10.9. The van der Waals surface area contributed by atoms with Crippen molar-refractivity contribution < 1.29 is 22.9 Å². The number of allylic oxidation sites excluding steroid dienone is 2. The Balaban J connectivity index is 3.35. The molecule has 114 valence electrons. The van der Waals surface area contributed by atoms with Crippen LogP contribution in [-0.4, -0.2) is 29.7 Å². The Morgan fingerprint density at radius 1 is 1.33 bits per heavy atom. The largest absolute Gasteiger partial charge is 0.416 e. The first-order chi connectivity index (χ1) is 9.54. The first-order valence-corrected chi connectivity index (χ1v) is 5.79. The molecule has 0 aliphatic heterocycles. The van der Waals surface area contributed by atoms with E-state index in [4.69, 9.17) is 0 Å². The second-order valence-electron chi connectivity index (χ2n) is 4.53. The molecule has 1 aromatic rings. The van der Waals surface area contributed by atoms with Gasteiger partial charge in [-0.1, -0.05) is 0 Å². The van der Waals surface area contributed by atoms with Gasteiger partial charge in [-0.25, -0.2) is 0 Å². The number of hydrogen-bond acceptors (Lipinski definition) is 4. The molecule has 0 heterocycles. The maximum atomic E-state index is 12.6. The summed E-state index contributed by atoms with van der Waals surface area (Å²) in [7, 11) is 3.33. The fraction of sp³-hybridized carbons (Fsp3) is 0.308. The third kappa shape index (κ3) is 4.04. The van der Waals surface area contributed by atoms with Crippen LogP contribution < -0.4 is 0 Å². The number of hydrogen-bond donors (Lipinski definition) is 0. The predicted molar refractivity (Wildman–Crippen MR) is 69.9 cm³/mol. The summed E-state index contributed by atoms with van der Waals surface area (Å²) in [6.07, 6.45) is -3.57. The number of nitro benzene ring substituents is 1. The summed E-state index contributed by atoms with van der Waals surface area (Å²) in [5.74, 6) is -0.721. The molecule has 0 N–H and O–H groups in total. The highest BCUT2D eigenvalue weighted by atomic mass is 19.4. The van der Waals surface area contributed by atoms with Crippen LogP contribution in [-0.2, 0) is 6.18 Å². The van der Waals surface area contributed by atoms with Crippen molar-refractivity contribution in [2.24, 2.45) is 0 Å². The van der Waals surface area contributed by atoms with Crippen molar-refractivity contribution in [2.45, 2.75) is 13.1 Å². The minimum atomic E-state index is -4.71. The first kappa shape index (κ1) is 16.7. The second-order valence-corrected chi connectivity index (χ2v) is 4.53. The Kier molecular flexibility index (Phi) is 4.72. The summed E-state index contributed by atoms with van der Waals surface area (Å²) < 4.78 is 37.7. The number of carbonyl (C=O) groups is 1. The maximum Gasteiger partial charge on any atom is 0.416 e. The quantitative estimate of drug-likeness (QED) is 0.370. The zero-order chi connectivity index (χ0) is 16.4. The zero-order valence-electron chi connectivity index (χ0n) is 11.6. The van der Waals surface area contributed by atoms with Crippen molar-refractivity contribution in [3.8, 4) is 0 Å². The lowest BCUT2D eigenvalue weighted by Gasteiger charge is -2.12. The molecule has 1 rings (SSSR count). The number of ketones is 1. The highest BCUT2D eigenvalue weighted by Gasteiger charge is 2.33. The van der Waals surface area contributed by atoms with Gasteiger partial charge in [0.2, 0.25) is 0 Å². The molecule has 21 heavy (non-hydrogen) atoms. The Bertz CT molecular complexity index is 607. The average molecular weight is 302 g/mol. The molecule has 0 aromatic heterocycles. The summed E-state index contributed by atoms with van der Waals surface area (Å²) in [5.41, 5.74) is -1.89. The summed E-state index contributed by atoms with van der Waals surface area (Å²) in [4.78, 5) is 23.4. The standard InChI is InChI=1S/C13H13F3N2O3/c1-8(17(2)3)6-12(19)10-5-4-9(13(14,15)16)7-11(10)18(20)21/h4-7H,1-3H3. The molecule has 0 aliphatic carbocycles. The molecule has 0 amide bonds. The molecule has 0 atom stereocenters. The van der Waals surface area contributed by atoms with E-state index in [-0.39, 0.29) is 5.56 Å². The molecule has 0 fully saturated rings. The fourth-order valence-electron chi connectivity index (χ4n) is 1.46. The van der Waals surface area contributed by atoms with Gasteiger partial charge in [-0.15, -0.1) is 0 Å². The molecule has 0 radical (unpaired) electrons. The van der Waals surface area contributed by atoms with Crippen molar-refractivity contribution in [3.63, 3.8) is 0 Å². The highest BCUT2D eigenvalue weighted by molar-refractivity contribution is 6.07. The molecule has 0 aliphatic rings. The van der Waals surface area contributed by atoms with Crippen LogP contribution in [0.2, 0.25) is 0 Å². The summed E-state index contributed by atoms with van der Waals surface area (Å²) in [6, 6.07) is 1.84. The SMILES string of the molecule is CC(=CC(=O)c1ccc(C(F)(F)F)cc1[N+](=O)[O-])N(C)C. The van der Waals surface area contributed by atoms with Crippen molar-refractivity contribution in [3.05, 3.63) is 51.2 Å². The van der Waals surface area contributed by atoms with Gasteiger partial charge in [-0.05, 0) is 19.1 Å². The van der Waals surface area contributed by atoms with Gasteiger partial charge in [0, 0.05) is 31.9 Å². The van der Waals surface area contributed by atoms with E-state index in [9.17, 15) is 28.1 Å². The molecular weight excluding hydrogens is 289 g/mol. The second kappa shape index (κ2) is 5.94. The van der Waals surface area contributed by atoms with Gasteiger partial charge in [0.05, 0.1) is 16.1 Å². The van der Waals surface area contributed by atoms with E-state index < -0.39 is 28.1 Å². The lowest BCUT2D eigenvalue weighted by molar-refractivity contribution is -0.385. The molecular formula is C13H13F3N2O3.